The van der Waals surface area contributed by atoms with Gasteiger partial charge in [-0.15, -0.1) is 9.24 Å². The summed E-state index contributed by atoms with van der Waals surface area (Å²) in [6.07, 6.45) is 6.59. The summed E-state index contributed by atoms with van der Waals surface area (Å²) in [7, 11) is 2.71. The van der Waals surface area contributed by atoms with Gasteiger partial charge in [-0.1, -0.05) is 19.8 Å². The van der Waals surface area contributed by atoms with E-state index < -0.39 is 0 Å². The number of rotatable bonds is 3. The summed E-state index contributed by atoms with van der Waals surface area (Å²) in [5.41, 5.74) is 0. The van der Waals surface area contributed by atoms with Gasteiger partial charge in [0, 0.05) is 12.0 Å². The zero-order chi connectivity index (χ0) is 9.68. The van der Waals surface area contributed by atoms with Gasteiger partial charge in [0.1, 0.15) is 0 Å². The lowest BCUT2D eigenvalue weighted by atomic mass is 9.97. The van der Waals surface area contributed by atoms with Gasteiger partial charge in [0.15, 0.2) is 0 Å². The molecule has 1 N–H and O–H groups in total. The molecule has 1 amide bonds. The minimum Gasteiger partial charge on any atom is -0.353 e. The number of carbonyl (C=O) groups is 1. The predicted molar refractivity (Wildman–Crippen MR) is 58.8 cm³/mol. The fourth-order valence-corrected chi connectivity index (χ4v) is 2.29. The van der Waals surface area contributed by atoms with Crippen LogP contribution in [0.15, 0.2) is 0 Å². The average Bonchev–Trinajstić information content (AvgIpc) is 2.30. The molecule has 3 heteroatoms. The monoisotopic (exact) mass is 201 g/mol. The second-order valence-electron chi connectivity index (χ2n) is 3.86. The molecule has 1 saturated heterocycles. The third-order valence-electron chi connectivity index (χ3n) is 2.74. The summed E-state index contributed by atoms with van der Waals surface area (Å²) in [5, 5.41) is 3.10. The number of hydrogen-bond donors (Lipinski definition) is 1. The van der Waals surface area contributed by atoms with Crippen LogP contribution < -0.4 is 5.32 Å². The molecule has 1 fully saturated rings. The Hall–Kier alpha value is -0.100. The lowest BCUT2D eigenvalue weighted by Gasteiger charge is -2.15. The predicted octanol–water partition coefficient (Wildman–Crippen LogP) is 1.95. The van der Waals surface area contributed by atoms with E-state index in [-0.39, 0.29) is 11.8 Å². The summed E-state index contributed by atoms with van der Waals surface area (Å²) >= 11 is 0. The van der Waals surface area contributed by atoms with Crippen molar-refractivity contribution in [2.75, 3.05) is 6.16 Å². The first-order valence-corrected chi connectivity index (χ1v) is 6.10. The second kappa shape index (κ2) is 5.59. The van der Waals surface area contributed by atoms with Gasteiger partial charge < -0.3 is 5.32 Å². The first-order valence-electron chi connectivity index (χ1n) is 5.28. The number of nitrogens with one attached hydrogen (secondary N) is 1. The van der Waals surface area contributed by atoms with Crippen molar-refractivity contribution >= 4 is 15.1 Å². The number of amides is 1. The lowest BCUT2D eigenvalue weighted by Crippen LogP contribution is -2.37. The van der Waals surface area contributed by atoms with E-state index in [1.54, 1.807) is 0 Å². The quantitative estimate of drug-likeness (QED) is 0.695. The van der Waals surface area contributed by atoms with E-state index in [4.69, 9.17) is 0 Å². The molecule has 76 valence electrons. The molecule has 1 rings (SSSR count). The second-order valence-corrected chi connectivity index (χ2v) is 4.33. The van der Waals surface area contributed by atoms with Crippen LogP contribution in [0, 0.1) is 5.92 Å². The standard InChI is InChI=1S/C10H20NOP/c1-2-4-8-5-3-6-9(7-13)11-10(8)12/h8-9H,2-7,13H2,1H3,(H,11,12). The molecule has 3 unspecified atom stereocenters. The summed E-state index contributed by atoms with van der Waals surface area (Å²) in [5.74, 6) is 0.568. The van der Waals surface area contributed by atoms with E-state index in [9.17, 15) is 4.79 Å². The van der Waals surface area contributed by atoms with Gasteiger partial charge in [0.2, 0.25) is 5.91 Å². The van der Waals surface area contributed by atoms with Crippen LogP contribution >= 0.6 is 9.24 Å². The van der Waals surface area contributed by atoms with Crippen LogP contribution in [0.1, 0.15) is 39.0 Å². The topological polar surface area (TPSA) is 29.1 Å². The highest BCUT2D eigenvalue weighted by Gasteiger charge is 2.23. The first-order chi connectivity index (χ1) is 6.27. The fourth-order valence-electron chi connectivity index (χ4n) is 1.93. The van der Waals surface area contributed by atoms with Gasteiger partial charge in [-0.3, -0.25) is 4.79 Å². The molecular weight excluding hydrogens is 181 g/mol. The van der Waals surface area contributed by atoms with Crippen molar-refractivity contribution in [1.82, 2.24) is 5.32 Å². The van der Waals surface area contributed by atoms with Gasteiger partial charge in [0.25, 0.3) is 0 Å². The largest absolute Gasteiger partial charge is 0.353 e. The Kier molecular flexibility index (Phi) is 4.72. The Morgan fingerprint density at radius 2 is 2.31 bits per heavy atom. The van der Waals surface area contributed by atoms with Crippen molar-refractivity contribution in [3.8, 4) is 0 Å². The van der Waals surface area contributed by atoms with Crippen LogP contribution in [0.25, 0.3) is 0 Å². The van der Waals surface area contributed by atoms with Crippen molar-refractivity contribution in [3.05, 3.63) is 0 Å². The van der Waals surface area contributed by atoms with E-state index in [1.807, 2.05) is 0 Å². The lowest BCUT2D eigenvalue weighted by molar-refractivity contribution is -0.125. The van der Waals surface area contributed by atoms with Crippen molar-refractivity contribution in [1.29, 1.82) is 0 Å². The molecular formula is C10H20NOP. The summed E-state index contributed by atoms with van der Waals surface area (Å²) in [6.45, 7) is 2.14. The van der Waals surface area contributed by atoms with Crippen molar-refractivity contribution in [2.24, 2.45) is 5.92 Å². The SMILES string of the molecule is CCCC1CCCC(CP)NC1=O. The van der Waals surface area contributed by atoms with Crippen LogP contribution in [0.5, 0.6) is 0 Å². The normalized spacial score (nSPS) is 29.5. The summed E-state index contributed by atoms with van der Waals surface area (Å²) in [4.78, 5) is 11.7. The van der Waals surface area contributed by atoms with Gasteiger partial charge in [-0.05, 0) is 25.4 Å². The third kappa shape index (κ3) is 3.27. The molecule has 3 atom stereocenters. The molecule has 0 radical (unpaired) electrons. The fraction of sp³-hybridized carbons (Fsp3) is 0.900. The van der Waals surface area contributed by atoms with Crippen LogP contribution in [-0.2, 0) is 4.79 Å². The summed E-state index contributed by atoms with van der Waals surface area (Å²) < 4.78 is 0. The van der Waals surface area contributed by atoms with Gasteiger partial charge >= 0.3 is 0 Å². The molecule has 2 nitrogen and oxygen atoms in total. The molecule has 0 aromatic heterocycles. The Bertz CT molecular complexity index is 172. The zero-order valence-corrected chi connectivity index (χ0v) is 9.54. The number of hydrogen-bond acceptors (Lipinski definition) is 1. The van der Waals surface area contributed by atoms with E-state index in [1.165, 1.54) is 6.42 Å². The molecule has 0 aromatic carbocycles. The molecule has 0 saturated carbocycles. The maximum absolute atomic E-state index is 11.7. The average molecular weight is 201 g/mol. The van der Waals surface area contributed by atoms with Crippen LogP contribution in [0.3, 0.4) is 0 Å². The molecule has 0 aromatic rings. The van der Waals surface area contributed by atoms with E-state index >= 15 is 0 Å². The molecule has 0 aliphatic carbocycles. The molecule has 1 aliphatic heterocycles. The van der Waals surface area contributed by atoms with Crippen molar-refractivity contribution < 1.29 is 4.79 Å². The van der Waals surface area contributed by atoms with E-state index in [2.05, 4.69) is 21.5 Å². The highest BCUT2D eigenvalue weighted by atomic mass is 31.0. The Morgan fingerprint density at radius 1 is 1.54 bits per heavy atom. The smallest absolute Gasteiger partial charge is 0.223 e. The third-order valence-corrected chi connectivity index (χ3v) is 3.31. The Balaban J connectivity index is 2.46. The van der Waals surface area contributed by atoms with Crippen molar-refractivity contribution in [2.45, 2.75) is 45.1 Å². The maximum atomic E-state index is 11.7. The Labute approximate surface area is 83.1 Å². The highest BCUT2D eigenvalue weighted by molar-refractivity contribution is 7.16. The molecule has 13 heavy (non-hydrogen) atoms. The number of carbonyl (C=O) groups excluding carboxylic acids is 1. The summed E-state index contributed by atoms with van der Waals surface area (Å²) in [6, 6.07) is 0.402. The van der Waals surface area contributed by atoms with Gasteiger partial charge in [-0.2, -0.15) is 0 Å². The van der Waals surface area contributed by atoms with Gasteiger partial charge in [0.05, 0.1) is 0 Å². The molecule has 0 spiro atoms. The van der Waals surface area contributed by atoms with E-state index in [0.29, 0.717) is 6.04 Å². The van der Waals surface area contributed by atoms with Crippen molar-refractivity contribution in [3.63, 3.8) is 0 Å². The molecule has 0 bridgehead atoms. The van der Waals surface area contributed by atoms with Crippen LogP contribution in [-0.4, -0.2) is 18.1 Å². The van der Waals surface area contributed by atoms with Crippen LogP contribution in [0.4, 0.5) is 0 Å². The maximum Gasteiger partial charge on any atom is 0.223 e. The Morgan fingerprint density at radius 3 is 2.92 bits per heavy atom. The minimum atomic E-state index is 0.284. The van der Waals surface area contributed by atoms with Crippen LogP contribution in [0.2, 0.25) is 0 Å². The molecule has 1 heterocycles. The van der Waals surface area contributed by atoms with Gasteiger partial charge in [-0.25, -0.2) is 0 Å². The first kappa shape index (κ1) is 11.0. The molecule has 1 aliphatic rings. The zero-order valence-electron chi connectivity index (χ0n) is 8.38. The minimum absolute atomic E-state index is 0.284. The highest BCUT2D eigenvalue weighted by Crippen LogP contribution is 2.20. The van der Waals surface area contributed by atoms with E-state index in [0.717, 1.165) is 31.8 Å².